The number of nitrogens with one attached hydrogen (secondary N) is 2. The van der Waals surface area contributed by atoms with Gasteiger partial charge in [-0.1, -0.05) is 0 Å². The Hall–Kier alpha value is -2.36. The number of aromatic amines is 1. The number of anilines is 1. The molecule has 2 N–H and O–H groups in total. The molecule has 0 saturated heterocycles. The minimum Gasteiger partial charge on any atom is -0.370 e. The van der Waals surface area contributed by atoms with E-state index in [1.165, 1.54) is 10.6 Å². The summed E-state index contributed by atoms with van der Waals surface area (Å²) in [6.45, 7) is 4.76. The third-order valence-electron chi connectivity index (χ3n) is 2.62. The van der Waals surface area contributed by atoms with Gasteiger partial charge in [0.25, 0.3) is 0 Å². The lowest BCUT2D eigenvalue weighted by molar-refractivity contribution is -0.388. The van der Waals surface area contributed by atoms with Gasteiger partial charge in [0, 0.05) is 19.2 Å². The van der Waals surface area contributed by atoms with Gasteiger partial charge in [0.15, 0.2) is 10.2 Å². The smallest absolute Gasteiger partial charge is 0.343 e. The van der Waals surface area contributed by atoms with Crippen LogP contribution in [-0.4, -0.2) is 31.2 Å². The zero-order valence-corrected chi connectivity index (χ0v) is 12.3. The first kappa shape index (κ1) is 15.0. The second-order valence-corrected chi connectivity index (χ2v) is 4.92. The van der Waals surface area contributed by atoms with E-state index in [1.54, 1.807) is 13.0 Å². The molecule has 21 heavy (non-hydrogen) atoms. The third kappa shape index (κ3) is 3.21. The van der Waals surface area contributed by atoms with Gasteiger partial charge in [-0.05, 0) is 31.7 Å². The molecule has 0 aliphatic heterocycles. The maximum Gasteiger partial charge on any atom is 0.343 e. The maximum absolute atomic E-state index is 11.5. The average molecular weight is 310 g/mol. The van der Waals surface area contributed by atoms with E-state index < -0.39 is 4.92 Å². The van der Waals surface area contributed by atoms with Gasteiger partial charge in [-0.25, -0.2) is 14.9 Å². The van der Waals surface area contributed by atoms with Gasteiger partial charge in [-0.15, -0.1) is 5.10 Å². The molecule has 0 unspecified atom stereocenters. The molecule has 0 bridgehead atoms. The second-order valence-electron chi connectivity index (χ2n) is 3.97. The highest BCUT2D eigenvalue weighted by Crippen LogP contribution is 2.32. The number of aromatic nitrogens is 4. The summed E-state index contributed by atoms with van der Waals surface area (Å²) in [6, 6.07) is 2.93. The fourth-order valence-electron chi connectivity index (χ4n) is 1.67. The van der Waals surface area contributed by atoms with Crippen molar-refractivity contribution >= 4 is 23.3 Å². The Morgan fingerprint density at radius 3 is 2.86 bits per heavy atom. The van der Waals surface area contributed by atoms with Crippen molar-refractivity contribution in [3.05, 3.63) is 32.7 Å². The number of hydrogen-bond acceptors (Lipinski definition) is 7. The molecule has 112 valence electrons. The standard InChI is InChI=1S/C11H14N6O3S/c1-3-12-8-6-5-7(17(19)20)9(13-8)21-11-15-14-10(18)16(11)4-2/h5-6H,3-4H2,1-2H3,(H,12,13)(H,14,18). The van der Waals surface area contributed by atoms with Crippen molar-refractivity contribution in [1.29, 1.82) is 0 Å². The zero-order valence-electron chi connectivity index (χ0n) is 11.5. The van der Waals surface area contributed by atoms with E-state index in [9.17, 15) is 14.9 Å². The molecule has 2 aromatic rings. The molecule has 10 heteroatoms. The summed E-state index contributed by atoms with van der Waals surface area (Å²) in [5.74, 6) is 0.534. The SMILES string of the molecule is CCNc1ccc([N+](=O)[O-])c(Sc2n[nH]c(=O)n2CC)n1. The van der Waals surface area contributed by atoms with Crippen molar-refractivity contribution in [2.75, 3.05) is 11.9 Å². The van der Waals surface area contributed by atoms with Gasteiger partial charge in [-0.2, -0.15) is 0 Å². The molecule has 0 fully saturated rings. The first-order valence-electron chi connectivity index (χ1n) is 6.29. The number of H-pyrrole nitrogens is 1. The summed E-state index contributed by atoms with van der Waals surface area (Å²) in [5, 5.41) is 20.8. The van der Waals surface area contributed by atoms with Crippen LogP contribution in [0, 0.1) is 10.1 Å². The van der Waals surface area contributed by atoms with Crippen LogP contribution in [0.3, 0.4) is 0 Å². The fraction of sp³-hybridized carbons (Fsp3) is 0.364. The Balaban J connectivity index is 2.43. The van der Waals surface area contributed by atoms with E-state index >= 15 is 0 Å². The maximum atomic E-state index is 11.5. The number of nitrogens with zero attached hydrogens (tertiary/aromatic N) is 4. The van der Waals surface area contributed by atoms with Crippen LogP contribution in [0.25, 0.3) is 0 Å². The topological polar surface area (TPSA) is 119 Å². The van der Waals surface area contributed by atoms with Crippen LogP contribution in [0.15, 0.2) is 27.1 Å². The number of pyridine rings is 1. The van der Waals surface area contributed by atoms with E-state index in [0.717, 1.165) is 11.8 Å². The fourth-order valence-corrected chi connectivity index (χ4v) is 2.65. The molecule has 2 aromatic heterocycles. The Kier molecular flexibility index (Phi) is 4.58. The van der Waals surface area contributed by atoms with Gasteiger partial charge < -0.3 is 5.32 Å². The summed E-state index contributed by atoms with van der Waals surface area (Å²) in [4.78, 5) is 26.3. The van der Waals surface area contributed by atoms with Gasteiger partial charge in [-0.3, -0.25) is 14.7 Å². The monoisotopic (exact) mass is 310 g/mol. The van der Waals surface area contributed by atoms with E-state index in [4.69, 9.17) is 0 Å². The molecule has 0 spiro atoms. The molecule has 2 rings (SSSR count). The lowest BCUT2D eigenvalue weighted by Gasteiger charge is -2.06. The number of hydrogen-bond donors (Lipinski definition) is 2. The van der Waals surface area contributed by atoms with Crippen molar-refractivity contribution in [2.45, 2.75) is 30.6 Å². The van der Waals surface area contributed by atoms with Crippen LogP contribution in [0.1, 0.15) is 13.8 Å². The van der Waals surface area contributed by atoms with E-state index in [-0.39, 0.29) is 16.4 Å². The van der Waals surface area contributed by atoms with Crippen LogP contribution < -0.4 is 11.0 Å². The van der Waals surface area contributed by atoms with E-state index in [0.29, 0.717) is 24.1 Å². The van der Waals surface area contributed by atoms with Crippen LogP contribution in [0.5, 0.6) is 0 Å². The van der Waals surface area contributed by atoms with Gasteiger partial charge in [0.2, 0.25) is 0 Å². The Morgan fingerprint density at radius 2 is 2.24 bits per heavy atom. The van der Waals surface area contributed by atoms with Gasteiger partial charge >= 0.3 is 11.4 Å². The highest BCUT2D eigenvalue weighted by molar-refractivity contribution is 7.99. The van der Waals surface area contributed by atoms with Crippen LogP contribution in [-0.2, 0) is 6.54 Å². The Labute approximate surface area is 123 Å². The number of rotatable bonds is 6. The van der Waals surface area contributed by atoms with Crippen molar-refractivity contribution in [3.8, 4) is 0 Å². The van der Waals surface area contributed by atoms with E-state index in [2.05, 4.69) is 20.5 Å². The Bertz CT molecular complexity index is 710. The highest BCUT2D eigenvalue weighted by atomic mass is 32.2. The van der Waals surface area contributed by atoms with Crippen LogP contribution in [0.2, 0.25) is 0 Å². The summed E-state index contributed by atoms with van der Waals surface area (Å²) < 4.78 is 1.38. The van der Waals surface area contributed by atoms with Gasteiger partial charge in [0.1, 0.15) is 5.82 Å². The predicted octanol–water partition coefficient (Wildman–Crippen LogP) is 1.48. The molecule has 0 amide bonds. The predicted molar refractivity (Wildman–Crippen MR) is 77.7 cm³/mol. The molecular formula is C11H14N6O3S. The zero-order chi connectivity index (χ0) is 15.4. The molecule has 0 aliphatic rings. The average Bonchev–Trinajstić information content (AvgIpc) is 2.79. The summed E-state index contributed by atoms with van der Waals surface area (Å²) in [5.41, 5.74) is -0.481. The minimum atomic E-state index is -0.508. The normalized spacial score (nSPS) is 10.6. The van der Waals surface area contributed by atoms with Crippen molar-refractivity contribution in [3.63, 3.8) is 0 Å². The first-order chi connectivity index (χ1) is 10.1. The summed E-state index contributed by atoms with van der Waals surface area (Å²) in [7, 11) is 0. The van der Waals surface area contributed by atoms with Crippen molar-refractivity contribution in [1.82, 2.24) is 19.7 Å². The minimum absolute atomic E-state index is 0.125. The lowest BCUT2D eigenvalue weighted by Crippen LogP contribution is -2.16. The van der Waals surface area contributed by atoms with E-state index in [1.807, 2.05) is 6.92 Å². The summed E-state index contributed by atoms with van der Waals surface area (Å²) >= 11 is 0.982. The van der Waals surface area contributed by atoms with Gasteiger partial charge in [0.05, 0.1) is 4.92 Å². The molecule has 9 nitrogen and oxygen atoms in total. The number of nitro groups is 1. The molecule has 0 saturated carbocycles. The third-order valence-corrected chi connectivity index (χ3v) is 3.61. The molecular weight excluding hydrogens is 296 g/mol. The lowest BCUT2D eigenvalue weighted by atomic mass is 10.4. The van der Waals surface area contributed by atoms with Crippen molar-refractivity contribution < 1.29 is 4.92 Å². The molecule has 0 atom stereocenters. The Morgan fingerprint density at radius 1 is 1.48 bits per heavy atom. The first-order valence-corrected chi connectivity index (χ1v) is 7.10. The van der Waals surface area contributed by atoms with Crippen molar-refractivity contribution in [2.24, 2.45) is 0 Å². The van der Waals surface area contributed by atoms with Crippen LogP contribution >= 0.6 is 11.8 Å². The quantitative estimate of drug-likeness (QED) is 0.612. The molecule has 0 radical (unpaired) electrons. The summed E-state index contributed by atoms with van der Waals surface area (Å²) in [6.07, 6.45) is 0. The second kappa shape index (κ2) is 6.39. The largest absolute Gasteiger partial charge is 0.370 e. The molecule has 2 heterocycles. The van der Waals surface area contributed by atoms with Crippen LogP contribution in [0.4, 0.5) is 11.5 Å². The highest BCUT2D eigenvalue weighted by Gasteiger charge is 2.20. The molecule has 0 aliphatic carbocycles. The molecule has 0 aromatic carbocycles.